The fraction of sp³-hybridized carbons (Fsp3) is 0.0909. The first-order valence-electron chi connectivity index (χ1n) is 9.21. The summed E-state index contributed by atoms with van der Waals surface area (Å²) in [6.45, 7) is 9.69. The molecule has 0 saturated carbocycles. The summed E-state index contributed by atoms with van der Waals surface area (Å²) in [5.74, 6) is 0.627. The van der Waals surface area contributed by atoms with Gasteiger partial charge in [0, 0.05) is 17.3 Å². The predicted octanol–water partition coefficient (Wildman–Crippen LogP) is 4.16. The molecular weight excluding hydrogens is 376 g/mol. The lowest BCUT2D eigenvalue weighted by Crippen LogP contribution is -2.12. The van der Waals surface area contributed by atoms with Crippen molar-refractivity contribution in [3.05, 3.63) is 73.1 Å². The Balaban J connectivity index is 1.85. The summed E-state index contributed by atoms with van der Waals surface area (Å²) in [6.07, 6.45) is 6.41. The molecule has 0 unspecified atom stereocenters. The Hall–Kier alpha value is -4.38. The standard InChI is InChI=1S/C22H18N8/c1-4-15-9-16(14(3)29-22-20-21(26-11-25-20)27-12-28-22)19(17-7-5-6-8-24-17)30-18(15)13(2)10-23/h4-9,11-12,14H,1-2H2,3H3,(H2,25,26,27,28,29)/t14-/m0/s1. The molecule has 1 atom stereocenters. The van der Waals surface area contributed by atoms with E-state index in [1.807, 2.05) is 31.2 Å². The van der Waals surface area contributed by atoms with Crippen LogP contribution in [0.15, 0.2) is 56.3 Å². The Bertz CT molecular complexity index is 1280. The number of aromatic amines is 1. The summed E-state index contributed by atoms with van der Waals surface area (Å²) in [4.78, 5) is 24.9. The van der Waals surface area contributed by atoms with Crippen LogP contribution in [0.4, 0.5) is 5.82 Å². The molecule has 4 heterocycles. The van der Waals surface area contributed by atoms with E-state index < -0.39 is 0 Å². The smallest absolute Gasteiger partial charge is 0.182 e. The molecular formula is C22H18N8. The Kier molecular flexibility index (Phi) is 5.01. The maximum absolute atomic E-state index is 9.35. The van der Waals surface area contributed by atoms with E-state index in [4.69, 9.17) is 4.98 Å². The predicted molar refractivity (Wildman–Crippen MR) is 116 cm³/mol. The molecule has 8 heteroatoms. The molecule has 0 saturated heterocycles. The largest absolute Gasteiger partial charge is 0.362 e. The highest BCUT2D eigenvalue weighted by molar-refractivity contribution is 5.83. The van der Waals surface area contributed by atoms with Crippen LogP contribution in [0.25, 0.3) is 34.2 Å². The molecule has 146 valence electrons. The molecule has 0 spiro atoms. The van der Waals surface area contributed by atoms with Gasteiger partial charge in [0.15, 0.2) is 11.5 Å². The third-order valence-electron chi connectivity index (χ3n) is 4.67. The number of pyridine rings is 2. The van der Waals surface area contributed by atoms with Crippen LogP contribution < -0.4 is 5.32 Å². The molecule has 0 aromatic carbocycles. The summed E-state index contributed by atoms with van der Waals surface area (Å²) in [5, 5.41) is 12.7. The monoisotopic (exact) mass is 394 g/mol. The van der Waals surface area contributed by atoms with Crippen molar-refractivity contribution in [2.75, 3.05) is 5.32 Å². The number of nitriles is 1. The molecule has 30 heavy (non-hydrogen) atoms. The quantitative estimate of drug-likeness (QED) is 0.472. The van der Waals surface area contributed by atoms with E-state index in [2.05, 4.69) is 49.5 Å². The number of anilines is 1. The van der Waals surface area contributed by atoms with Gasteiger partial charge >= 0.3 is 0 Å². The Labute approximate surface area is 173 Å². The first-order chi connectivity index (χ1) is 14.6. The molecule has 0 aliphatic heterocycles. The molecule has 0 radical (unpaired) electrons. The second-order valence-corrected chi connectivity index (χ2v) is 6.56. The van der Waals surface area contributed by atoms with Crippen LogP contribution in [0, 0.1) is 11.3 Å². The fourth-order valence-electron chi connectivity index (χ4n) is 3.19. The third kappa shape index (κ3) is 3.40. The molecule has 0 fully saturated rings. The zero-order chi connectivity index (χ0) is 21.1. The Morgan fingerprint density at radius 1 is 1.27 bits per heavy atom. The zero-order valence-electron chi connectivity index (χ0n) is 16.3. The van der Waals surface area contributed by atoms with Crippen molar-refractivity contribution in [1.82, 2.24) is 29.9 Å². The van der Waals surface area contributed by atoms with Gasteiger partial charge in [0.25, 0.3) is 0 Å². The number of H-pyrrole nitrogens is 1. The van der Waals surface area contributed by atoms with Crippen molar-refractivity contribution in [1.29, 1.82) is 5.26 Å². The number of rotatable bonds is 6. The van der Waals surface area contributed by atoms with Crippen LogP contribution in [-0.2, 0) is 0 Å². The van der Waals surface area contributed by atoms with Gasteiger partial charge in [0.05, 0.1) is 35.0 Å². The van der Waals surface area contributed by atoms with E-state index in [-0.39, 0.29) is 11.6 Å². The SMILES string of the molecule is C=Cc1cc([C@H](C)Nc2ncnc3nc[nH]c23)c(-c2ccccn2)nc1C(=C)C#N. The molecule has 4 aromatic heterocycles. The molecule has 8 nitrogen and oxygen atoms in total. The van der Waals surface area contributed by atoms with Gasteiger partial charge in [-0.05, 0) is 25.1 Å². The van der Waals surface area contributed by atoms with Gasteiger partial charge in [-0.15, -0.1) is 0 Å². The lowest BCUT2D eigenvalue weighted by molar-refractivity contribution is 0.866. The van der Waals surface area contributed by atoms with Crippen molar-refractivity contribution in [3.8, 4) is 17.5 Å². The van der Waals surface area contributed by atoms with Crippen LogP contribution in [0.5, 0.6) is 0 Å². The molecule has 2 N–H and O–H groups in total. The minimum Gasteiger partial charge on any atom is -0.362 e. The second-order valence-electron chi connectivity index (χ2n) is 6.56. The van der Waals surface area contributed by atoms with Crippen molar-refractivity contribution >= 4 is 28.6 Å². The van der Waals surface area contributed by atoms with Crippen LogP contribution in [0.3, 0.4) is 0 Å². The zero-order valence-corrected chi connectivity index (χ0v) is 16.3. The lowest BCUT2D eigenvalue weighted by Gasteiger charge is -2.20. The van der Waals surface area contributed by atoms with Crippen molar-refractivity contribution in [2.24, 2.45) is 0 Å². The number of fused-ring (bicyclic) bond motifs is 1. The van der Waals surface area contributed by atoms with Crippen molar-refractivity contribution in [2.45, 2.75) is 13.0 Å². The molecule has 4 rings (SSSR count). The van der Waals surface area contributed by atoms with Gasteiger partial charge in [0.1, 0.15) is 17.9 Å². The summed E-state index contributed by atoms with van der Waals surface area (Å²) in [7, 11) is 0. The number of allylic oxidation sites excluding steroid dienone is 1. The average molecular weight is 394 g/mol. The third-order valence-corrected chi connectivity index (χ3v) is 4.67. The van der Waals surface area contributed by atoms with Gasteiger partial charge in [-0.3, -0.25) is 4.98 Å². The Morgan fingerprint density at radius 2 is 2.13 bits per heavy atom. The number of nitrogens with zero attached hydrogens (tertiary/aromatic N) is 6. The number of hydrogen-bond donors (Lipinski definition) is 2. The highest BCUT2D eigenvalue weighted by Gasteiger charge is 2.20. The first-order valence-corrected chi connectivity index (χ1v) is 9.21. The number of imidazole rings is 1. The highest BCUT2D eigenvalue weighted by atomic mass is 15.1. The van der Waals surface area contributed by atoms with Crippen LogP contribution >= 0.6 is 0 Å². The average Bonchev–Trinajstić information content (AvgIpc) is 3.28. The van der Waals surface area contributed by atoms with E-state index in [9.17, 15) is 5.26 Å². The van der Waals surface area contributed by atoms with Crippen LogP contribution in [0.1, 0.15) is 29.8 Å². The van der Waals surface area contributed by atoms with Gasteiger partial charge in [-0.1, -0.05) is 25.3 Å². The normalized spacial score (nSPS) is 11.6. The van der Waals surface area contributed by atoms with Gasteiger partial charge in [0.2, 0.25) is 0 Å². The highest BCUT2D eigenvalue weighted by Crippen LogP contribution is 2.32. The summed E-state index contributed by atoms with van der Waals surface area (Å²) < 4.78 is 0. The van der Waals surface area contributed by atoms with Crippen molar-refractivity contribution in [3.63, 3.8) is 0 Å². The van der Waals surface area contributed by atoms with E-state index in [1.54, 1.807) is 18.6 Å². The summed E-state index contributed by atoms with van der Waals surface area (Å²) in [5.41, 5.74) is 5.00. The van der Waals surface area contributed by atoms with E-state index >= 15 is 0 Å². The summed E-state index contributed by atoms with van der Waals surface area (Å²) in [6, 6.07) is 9.44. The van der Waals surface area contributed by atoms with Gasteiger partial charge in [-0.25, -0.2) is 19.9 Å². The topological polar surface area (TPSA) is 116 Å². The van der Waals surface area contributed by atoms with E-state index in [0.29, 0.717) is 28.5 Å². The molecule has 0 aliphatic carbocycles. The number of nitrogens with one attached hydrogen (secondary N) is 2. The van der Waals surface area contributed by atoms with E-state index in [1.165, 1.54) is 6.33 Å². The number of aromatic nitrogens is 6. The van der Waals surface area contributed by atoms with Crippen molar-refractivity contribution < 1.29 is 0 Å². The fourth-order valence-corrected chi connectivity index (χ4v) is 3.19. The minimum atomic E-state index is -0.195. The molecule has 0 amide bonds. The molecule has 0 aliphatic rings. The Morgan fingerprint density at radius 3 is 2.87 bits per heavy atom. The molecule has 0 bridgehead atoms. The maximum Gasteiger partial charge on any atom is 0.182 e. The maximum atomic E-state index is 9.35. The number of hydrogen-bond acceptors (Lipinski definition) is 7. The van der Waals surface area contributed by atoms with Gasteiger partial charge < -0.3 is 10.3 Å². The first kappa shape index (κ1) is 19.0. The van der Waals surface area contributed by atoms with E-state index in [0.717, 1.165) is 16.6 Å². The lowest BCUT2D eigenvalue weighted by atomic mass is 9.97. The summed E-state index contributed by atoms with van der Waals surface area (Å²) >= 11 is 0. The van der Waals surface area contributed by atoms with Crippen LogP contribution in [0.2, 0.25) is 0 Å². The minimum absolute atomic E-state index is 0.195. The second kappa shape index (κ2) is 7.93. The van der Waals surface area contributed by atoms with Crippen LogP contribution in [-0.4, -0.2) is 29.9 Å². The van der Waals surface area contributed by atoms with Gasteiger partial charge in [-0.2, -0.15) is 5.26 Å². The molecule has 4 aromatic rings.